The fourth-order valence-corrected chi connectivity index (χ4v) is 3.85. The summed E-state index contributed by atoms with van der Waals surface area (Å²) in [5, 5.41) is 16.9. The summed E-state index contributed by atoms with van der Waals surface area (Å²) < 4.78 is 0. The van der Waals surface area contributed by atoms with Crippen molar-refractivity contribution in [3.05, 3.63) is 152 Å². The first-order valence-corrected chi connectivity index (χ1v) is 12.4. The average Bonchev–Trinajstić information content (AvgIpc) is 2.97. The van der Waals surface area contributed by atoms with E-state index in [1.54, 1.807) is 72.8 Å². The summed E-state index contributed by atoms with van der Waals surface area (Å²) in [6.07, 6.45) is 4.11. The molecule has 40 heavy (non-hydrogen) atoms. The maximum atomic E-state index is 13.2. The predicted octanol–water partition coefficient (Wildman–Crippen LogP) is 6.55. The Morgan fingerprint density at radius 3 is 2.05 bits per heavy atom. The van der Waals surface area contributed by atoms with Gasteiger partial charge in [-0.05, 0) is 72.3 Å². The number of hydrogen-bond acceptors (Lipinski definition) is 5. The summed E-state index contributed by atoms with van der Waals surface area (Å²) >= 11 is 6.26. The van der Waals surface area contributed by atoms with Gasteiger partial charge in [0.1, 0.15) is 5.70 Å². The molecular weight excluding hydrogens is 530 g/mol. The predicted molar refractivity (Wildman–Crippen MR) is 155 cm³/mol. The number of amides is 2. The molecule has 8 nitrogen and oxygen atoms in total. The monoisotopic (exact) mass is 551 g/mol. The van der Waals surface area contributed by atoms with Crippen molar-refractivity contribution in [2.75, 3.05) is 5.32 Å². The highest BCUT2D eigenvalue weighted by Gasteiger charge is 2.16. The smallest absolute Gasteiger partial charge is 0.276 e. The van der Waals surface area contributed by atoms with Crippen LogP contribution >= 0.6 is 11.6 Å². The summed E-state index contributed by atoms with van der Waals surface area (Å²) in [6, 6.07) is 27.5. The van der Waals surface area contributed by atoms with Crippen LogP contribution in [0.25, 0.3) is 12.2 Å². The number of benzene rings is 4. The second-order valence-corrected chi connectivity index (χ2v) is 8.85. The number of halogens is 1. The lowest BCUT2D eigenvalue weighted by Crippen LogP contribution is -2.30. The zero-order valence-electron chi connectivity index (χ0n) is 20.9. The van der Waals surface area contributed by atoms with E-state index in [0.717, 1.165) is 0 Å². The van der Waals surface area contributed by atoms with E-state index in [4.69, 9.17) is 11.6 Å². The molecule has 0 unspecified atom stereocenters. The number of anilines is 1. The lowest BCUT2D eigenvalue weighted by Gasteiger charge is -2.12. The van der Waals surface area contributed by atoms with Crippen molar-refractivity contribution in [2.24, 2.45) is 0 Å². The number of ketones is 1. The van der Waals surface area contributed by atoms with Crippen LogP contribution in [0.15, 0.2) is 115 Å². The van der Waals surface area contributed by atoms with Gasteiger partial charge in [0.15, 0.2) is 5.78 Å². The first kappa shape index (κ1) is 27.7. The minimum atomic E-state index is -0.598. The highest BCUT2D eigenvalue weighted by Crippen LogP contribution is 2.21. The van der Waals surface area contributed by atoms with E-state index in [1.165, 1.54) is 48.6 Å². The van der Waals surface area contributed by atoms with Crippen LogP contribution in [0, 0.1) is 10.1 Å². The number of para-hydroxylation sites is 1. The lowest BCUT2D eigenvalue weighted by atomic mass is 10.1. The molecule has 0 aliphatic heterocycles. The quantitative estimate of drug-likeness (QED) is 0.106. The van der Waals surface area contributed by atoms with E-state index in [1.807, 2.05) is 0 Å². The van der Waals surface area contributed by atoms with Gasteiger partial charge in [-0.2, -0.15) is 0 Å². The van der Waals surface area contributed by atoms with Gasteiger partial charge in [-0.1, -0.05) is 60.1 Å². The molecule has 0 saturated carbocycles. The molecule has 4 rings (SSSR count). The fraction of sp³-hybridized carbons (Fsp3) is 0. The van der Waals surface area contributed by atoms with Gasteiger partial charge in [0, 0.05) is 27.9 Å². The maximum Gasteiger partial charge on any atom is 0.276 e. The molecule has 0 radical (unpaired) electrons. The van der Waals surface area contributed by atoms with Gasteiger partial charge in [0.05, 0.1) is 10.5 Å². The Bertz CT molecular complexity index is 1630. The number of nitro groups is 1. The van der Waals surface area contributed by atoms with Crippen molar-refractivity contribution < 1.29 is 19.3 Å². The largest absolute Gasteiger partial charge is 0.321 e. The number of carbonyl (C=O) groups excluding carboxylic acids is 3. The third-order valence-corrected chi connectivity index (χ3v) is 6.05. The van der Waals surface area contributed by atoms with E-state index in [2.05, 4.69) is 10.6 Å². The summed E-state index contributed by atoms with van der Waals surface area (Å²) in [7, 11) is 0. The lowest BCUT2D eigenvalue weighted by molar-refractivity contribution is -0.385. The fourth-order valence-electron chi connectivity index (χ4n) is 3.66. The summed E-state index contributed by atoms with van der Waals surface area (Å²) in [6.45, 7) is 0. The Kier molecular flexibility index (Phi) is 8.96. The number of hydrogen-bond donors (Lipinski definition) is 2. The zero-order chi connectivity index (χ0) is 28.5. The third kappa shape index (κ3) is 7.15. The van der Waals surface area contributed by atoms with Crippen LogP contribution in [0.2, 0.25) is 5.02 Å². The molecule has 0 aromatic heterocycles. The molecule has 0 aliphatic rings. The van der Waals surface area contributed by atoms with E-state index in [0.29, 0.717) is 33.0 Å². The van der Waals surface area contributed by atoms with Crippen LogP contribution in [0.5, 0.6) is 0 Å². The van der Waals surface area contributed by atoms with E-state index in [-0.39, 0.29) is 17.2 Å². The van der Waals surface area contributed by atoms with Crippen molar-refractivity contribution in [2.45, 2.75) is 0 Å². The van der Waals surface area contributed by atoms with Gasteiger partial charge in [-0.25, -0.2) is 0 Å². The maximum absolute atomic E-state index is 13.2. The van der Waals surface area contributed by atoms with E-state index < -0.39 is 16.7 Å². The van der Waals surface area contributed by atoms with E-state index >= 15 is 0 Å². The summed E-state index contributed by atoms with van der Waals surface area (Å²) in [5.41, 5.74) is 1.77. The molecule has 0 heterocycles. The molecule has 4 aromatic rings. The van der Waals surface area contributed by atoms with Gasteiger partial charge in [-0.3, -0.25) is 24.5 Å². The van der Waals surface area contributed by atoms with Gasteiger partial charge in [0.25, 0.3) is 17.5 Å². The molecule has 0 aliphatic carbocycles. The molecule has 198 valence electrons. The molecule has 0 atom stereocenters. The Labute approximate surface area is 234 Å². The van der Waals surface area contributed by atoms with Gasteiger partial charge in [-0.15, -0.1) is 0 Å². The number of nitro benzene ring substituents is 1. The molecular formula is C31H22ClN3O5. The normalized spacial score (nSPS) is 11.2. The molecule has 4 aromatic carbocycles. The standard InChI is InChI=1S/C31H22ClN3O5/c32-26-12-6-4-11-24(26)20-27(34-30(37)23-9-2-1-3-10-23)31(38)33-25-17-14-22(15-18-25)29(36)19-16-21-8-5-7-13-28(21)35(39)40/h1-20H,(H,33,38)(H,34,37)/b19-16+,27-20-. The van der Waals surface area contributed by atoms with Crippen LogP contribution in [0.3, 0.4) is 0 Å². The van der Waals surface area contributed by atoms with Crippen LogP contribution in [0.4, 0.5) is 11.4 Å². The van der Waals surface area contributed by atoms with E-state index in [9.17, 15) is 24.5 Å². The van der Waals surface area contributed by atoms with Crippen molar-refractivity contribution in [1.29, 1.82) is 0 Å². The Balaban J connectivity index is 1.51. The second kappa shape index (κ2) is 12.9. The number of allylic oxidation sites excluding steroid dienone is 1. The van der Waals surface area contributed by atoms with Crippen molar-refractivity contribution in [3.8, 4) is 0 Å². The number of rotatable bonds is 9. The Morgan fingerprint density at radius 2 is 1.38 bits per heavy atom. The minimum absolute atomic E-state index is 0.0329. The minimum Gasteiger partial charge on any atom is -0.321 e. The topological polar surface area (TPSA) is 118 Å². The van der Waals surface area contributed by atoms with Gasteiger partial charge < -0.3 is 10.6 Å². The molecule has 0 saturated heterocycles. The Morgan fingerprint density at radius 1 is 0.750 bits per heavy atom. The third-order valence-electron chi connectivity index (χ3n) is 5.71. The van der Waals surface area contributed by atoms with Crippen molar-refractivity contribution in [3.63, 3.8) is 0 Å². The van der Waals surface area contributed by atoms with Crippen LogP contribution < -0.4 is 10.6 Å². The summed E-state index contributed by atoms with van der Waals surface area (Å²) in [5.74, 6) is -1.44. The molecule has 0 bridgehead atoms. The average molecular weight is 552 g/mol. The molecule has 2 N–H and O–H groups in total. The van der Waals surface area contributed by atoms with Gasteiger partial charge >= 0.3 is 0 Å². The summed E-state index contributed by atoms with van der Waals surface area (Å²) in [4.78, 5) is 49.3. The number of carbonyl (C=O) groups is 3. The van der Waals surface area contributed by atoms with Crippen LogP contribution in [-0.4, -0.2) is 22.5 Å². The molecule has 2 amide bonds. The number of nitrogens with one attached hydrogen (secondary N) is 2. The van der Waals surface area contributed by atoms with Crippen molar-refractivity contribution >= 4 is 52.7 Å². The molecule has 0 spiro atoms. The second-order valence-electron chi connectivity index (χ2n) is 8.44. The van der Waals surface area contributed by atoms with Crippen LogP contribution in [-0.2, 0) is 4.79 Å². The van der Waals surface area contributed by atoms with Crippen LogP contribution in [0.1, 0.15) is 31.8 Å². The molecule has 9 heteroatoms. The van der Waals surface area contributed by atoms with Crippen molar-refractivity contribution in [1.82, 2.24) is 5.32 Å². The highest BCUT2D eigenvalue weighted by atomic mass is 35.5. The molecule has 0 fully saturated rings. The number of nitrogens with zero attached hydrogens (tertiary/aromatic N) is 1. The zero-order valence-corrected chi connectivity index (χ0v) is 21.7. The van der Waals surface area contributed by atoms with Gasteiger partial charge in [0.2, 0.25) is 0 Å². The first-order chi connectivity index (χ1) is 19.3. The SMILES string of the molecule is O=C(Nc1ccc(C(=O)/C=C/c2ccccc2[N+](=O)[O-])cc1)/C(=C/c1ccccc1Cl)NC(=O)c1ccccc1. The Hall–Kier alpha value is -5.34. The first-order valence-electron chi connectivity index (χ1n) is 12.0. The highest BCUT2D eigenvalue weighted by molar-refractivity contribution is 6.32.